The summed E-state index contributed by atoms with van der Waals surface area (Å²) in [6, 6.07) is 9.46. The molecule has 1 aromatic rings. The van der Waals surface area contributed by atoms with Crippen LogP contribution in [-0.4, -0.2) is 18.5 Å². The SMILES string of the molecule is CCC1(CNC(=O)C(N)Cc2ccccc2)CC1. The summed E-state index contributed by atoms with van der Waals surface area (Å²) in [5, 5.41) is 2.99. The van der Waals surface area contributed by atoms with Gasteiger partial charge in [-0.1, -0.05) is 37.3 Å². The lowest BCUT2D eigenvalue weighted by Crippen LogP contribution is -2.43. The van der Waals surface area contributed by atoms with Gasteiger partial charge in [0.15, 0.2) is 0 Å². The molecular formula is C15H22N2O. The second-order valence-electron chi connectivity index (χ2n) is 5.37. The highest BCUT2D eigenvalue weighted by molar-refractivity contribution is 5.81. The summed E-state index contributed by atoms with van der Waals surface area (Å²) in [6.45, 7) is 2.97. The summed E-state index contributed by atoms with van der Waals surface area (Å²) in [4.78, 5) is 11.9. The first-order chi connectivity index (χ1) is 8.65. The van der Waals surface area contributed by atoms with E-state index in [4.69, 9.17) is 5.73 Å². The Labute approximate surface area is 109 Å². The van der Waals surface area contributed by atoms with E-state index in [0.717, 1.165) is 18.5 Å². The van der Waals surface area contributed by atoms with E-state index >= 15 is 0 Å². The average molecular weight is 246 g/mol. The van der Waals surface area contributed by atoms with E-state index < -0.39 is 6.04 Å². The predicted octanol–water partition coefficient (Wildman–Crippen LogP) is 1.86. The molecule has 1 unspecified atom stereocenters. The highest BCUT2D eigenvalue weighted by Gasteiger charge is 2.40. The lowest BCUT2D eigenvalue weighted by atomic mass is 10.0. The summed E-state index contributed by atoms with van der Waals surface area (Å²) in [5.74, 6) is -0.0291. The van der Waals surface area contributed by atoms with Crippen molar-refractivity contribution in [1.82, 2.24) is 5.32 Å². The van der Waals surface area contributed by atoms with E-state index in [1.165, 1.54) is 12.8 Å². The zero-order chi connectivity index (χ0) is 13.0. The van der Waals surface area contributed by atoms with Crippen LogP contribution in [0.4, 0.5) is 0 Å². The number of carbonyl (C=O) groups excluding carboxylic acids is 1. The maximum absolute atomic E-state index is 11.9. The number of hydrogen-bond donors (Lipinski definition) is 2. The fourth-order valence-electron chi connectivity index (χ4n) is 2.20. The van der Waals surface area contributed by atoms with Gasteiger partial charge in [0.1, 0.15) is 0 Å². The van der Waals surface area contributed by atoms with Crippen molar-refractivity contribution < 1.29 is 4.79 Å². The highest BCUT2D eigenvalue weighted by atomic mass is 16.2. The molecule has 0 aromatic heterocycles. The quantitative estimate of drug-likeness (QED) is 0.805. The predicted molar refractivity (Wildman–Crippen MR) is 73.1 cm³/mol. The Balaban J connectivity index is 1.78. The molecule has 3 N–H and O–H groups in total. The molecule has 1 aliphatic rings. The minimum atomic E-state index is -0.444. The average Bonchev–Trinajstić information content (AvgIpc) is 3.18. The van der Waals surface area contributed by atoms with Gasteiger partial charge in [-0.3, -0.25) is 4.79 Å². The van der Waals surface area contributed by atoms with Crippen LogP contribution in [-0.2, 0) is 11.2 Å². The minimum Gasteiger partial charge on any atom is -0.354 e. The number of rotatable bonds is 6. The fourth-order valence-corrected chi connectivity index (χ4v) is 2.20. The molecule has 1 aliphatic carbocycles. The molecule has 0 heterocycles. The van der Waals surface area contributed by atoms with Crippen molar-refractivity contribution >= 4 is 5.91 Å². The number of nitrogens with one attached hydrogen (secondary N) is 1. The van der Waals surface area contributed by atoms with Crippen molar-refractivity contribution in [1.29, 1.82) is 0 Å². The zero-order valence-electron chi connectivity index (χ0n) is 11.0. The summed E-state index contributed by atoms with van der Waals surface area (Å²) in [5.41, 5.74) is 7.41. The van der Waals surface area contributed by atoms with Gasteiger partial charge in [0.25, 0.3) is 0 Å². The molecule has 0 radical (unpaired) electrons. The second-order valence-corrected chi connectivity index (χ2v) is 5.37. The normalized spacial score (nSPS) is 18.1. The Kier molecular flexibility index (Phi) is 4.02. The second kappa shape index (κ2) is 5.53. The molecule has 1 fully saturated rings. The van der Waals surface area contributed by atoms with Crippen molar-refractivity contribution in [2.45, 2.75) is 38.6 Å². The largest absolute Gasteiger partial charge is 0.354 e. The molecular weight excluding hydrogens is 224 g/mol. The molecule has 3 nitrogen and oxygen atoms in total. The van der Waals surface area contributed by atoms with Crippen molar-refractivity contribution in [3.8, 4) is 0 Å². The number of benzene rings is 1. The Hall–Kier alpha value is -1.35. The molecule has 0 bridgehead atoms. The van der Waals surface area contributed by atoms with Crippen LogP contribution >= 0.6 is 0 Å². The lowest BCUT2D eigenvalue weighted by molar-refractivity contribution is -0.122. The van der Waals surface area contributed by atoms with Gasteiger partial charge in [0.05, 0.1) is 6.04 Å². The Morgan fingerprint density at radius 1 is 1.39 bits per heavy atom. The summed E-state index contributed by atoms with van der Waals surface area (Å²) >= 11 is 0. The first-order valence-electron chi connectivity index (χ1n) is 6.72. The van der Waals surface area contributed by atoms with Gasteiger partial charge in [-0.25, -0.2) is 0 Å². The fraction of sp³-hybridized carbons (Fsp3) is 0.533. The molecule has 1 aromatic carbocycles. The van der Waals surface area contributed by atoms with Crippen LogP contribution in [0.1, 0.15) is 31.7 Å². The van der Waals surface area contributed by atoms with Crippen LogP contribution in [0.5, 0.6) is 0 Å². The smallest absolute Gasteiger partial charge is 0.237 e. The molecule has 0 spiro atoms. The lowest BCUT2D eigenvalue weighted by Gasteiger charge is -2.16. The molecule has 1 amide bonds. The monoisotopic (exact) mass is 246 g/mol. The number of amides is 1. The third kappa shape index (κ3) is 3.33. The van der Waals surface area contributed by atoms with Crippen molar-refractivity contribution in [2.75, 3.05) is 6.54 Å². The van der Waals surface area contributed by atoms with Crippen molar-refractivity contribution in [3.63, 3.8) is 0 Å². The molecule has 18 heavy (non-hydrogen) atoms. The number of nitrogens with two attached hydrogens (primary N) is 1. The van der Waals surface area contributed by atoms with Gasteiger partial charge in [0.2, 0.25) is 5.91 Å². The molecule has 1 atom stereocenters. The zero-order valence-corrected chi connectivity index (χ0v) is 11.0. The summed E-state index contributed by atoms with van der Waals surface area (Å²) < 4.78 is 0. The molecule has 0 saturated heterocycles. The number of carbonyl (C=O) groups is 1. The van der Waals surface area contributed by atoms with E-state index in [2.05, 4.69) is 12.2 Å². The van der Waals surface area contributed by atoms with Crippen LogP contribution in [0.3, 0.4) is 0 Å². The first-order valence-corrected chi connectivity index (χ1v) is 6.72. The van der Waals surface area contributed by atoms with Crippen LogP contribution in [0.2, 0.25) is 0 Å². The standard InChI is InChI=1S/C15H22N2O/c1-2-15(8-9-15)11-17-14(18)13(16)10-12-6-4-3-5-7-12/h3-7,13H,2,8-11,16H2,1H3,(H,17,18). The summed E-state index contributed by atoms with van der Waals surface area (Å²) in [7, 11) is 0. The van der Waals surface area contributed by atoms with Gasteiger partial charge in [-0.15, -0.1) is 0 Å². The molecule has 1 saturated carbocycles. The van der Waals surface area contributed by atoms with Gasteiger partial charge < -0.3 is 11.1 Å². The van der Waals surface area contributed by atoms with Gasteiger partial charge >= 0.3 is 0 Å². The Bertz CT molecular complexity index is 398. The van der Waals surface area contributed by atoms with E-state index in [9.17, 15) is 4.79 Å². The molecule has 0 aliphatic heterocycles. The van der Waals surface area contributed by atoms with Crippen LogP contribution in [0, 0.1) is 5.41 Å². The van der Waals surface area contributed by atoms with Gasteiger partial charge in [-0.2, -0.15) is 0 Å². The minimum absolute atomic E-state index is 0.0291. The first kappa shape index (κ1) is 13.1. The Morgan fingerprint density at radius 3 is 2.61 bits per heavy atom. The van der Waals surface area contributed by atoms with Gasteiger partial charge in [-0.05, 0) is 36.7 Å². The molecule has 2 rings (SSSR count). The maximum atomic E-state index is 11.9. The van der Waals surface area contributed by atoms with Gasteiger partial charge in [0, 0.05) is 6.54 Å². The maximum Gasteiger partial charge on any atom is 0.237 e. The van der Waals surface area contributed by atoms with E-state index in [1.807, 2.05) is 30.3 Å². The Morgan fingerprint density at radius 2 is 2.06 bits per heavy atom. The molecule has 98 valence electrons. The highest BCUT2D eigenvalue weighted by Crippen LogP contribution is 2.47. The van der Waals surface area contributed by atoms with E-state index in [1.54, 1.807) is 0 Å². The van der Waals surface area contributed by atoms with Crippen molar-refractivity contribution in [2.24, 2.45) is 11.1 Å². The van der Waals surface area contributed by atoms with E-state index in [0.29, 0.717) is 11.8 Å². The van der Waals surface area contributed by atoms with E-state index in [-0.39, 0.29) is 5.91 Å². The third-order valence-corrected chi connectivity index (χ3v) is 3.98. The van der Waals surface area contributed by atoms with Crippen LogP contribution in [0.15, 0.2) is 30.3 Å². The molecule has 3 heteroatoms. The van der Waals surface area contributed by atoms with Crippen LogP contribution < -0.4 is 11.1 Å². The van der Waals surface area contributed by atoms with Crippen LogP contribution in [0.25, 0.3) is 0 Å². The number of hydrogen-bond acceptors (Lipinski definition) is 2. The third-order valence-electron chi connectivity index (χ3n) is 3.98. The topological polar surface area (TPSA) is 55.1 Å². The summed E-state index contributed by atoms with van der Waals surface area (Å²) in [6.07, 6.45) is 4.21. The van der Waals surface area contributed by atoms with Crippen molar-refractivity contribution in [3.05, 3.63) is 35.9 Å².